The van der Waals surface area contributed by atoms with Crippen LogP contribution in [-0.4, -0.2) is 14.9 Å². The zero-order chi connectivity index (χ0) is 10.7. The first-order valence-electron chi connectivity index (χ1n) is 4.26. The van der Waals surface area contributed by atoms with Crippen molar-refractivity contribution in [3.8, 4) is 0 Å². The van der Waals surface area contributed by atoms with Gasteiger partial charge in [0.1, 0.15) is 17.8 Å². The van der Waals surface area contributed by atoms with Crippen LogP contribution in [0.5, 0.6) is 0 Å². The third-order valence-corrected chi connectivity index (χ3v) is 1.82. The van der Waals surface area contributed by atoms with Crippen molar-refractivity contribution in [1.29, 1.82) is 0 Å². The Balaban J connectivity index is 2.14. The average Bonchev–Trinajstić information content (AvgIpc) is 2.71. The molecule has 6 heteroatoms. The van der Waals surface area contributed by atoms with Crippen molar-refractivity contribution >= 4 is 17.3 Å². The van der Waals surface area contributed by atoms with E-state index in [0.717, 1.165) is 5.82 Å². The van der Waals surface area contributed by atoms with E-state index in [4.69, 9.17) is 0 Å². The number of aromatic nitrogens is 2. The number of rotatable bonds is 3. The smallest absolute Gasteiger partial charge is 0.287 e. The lowest BCUT2D eigenvalue weighted by Gasteiger charge is -2.01. The van der Waals surface area contributed by atoms with E-state index >= 15 is 0 Å². The van der Waals surface area contributed by atoms with Crippen molar-refractivity contribution in [3.05, 3.63) is 46.8 Å². The molecule has 2 aromatic rings. The summed E-state index contributed by atoms with van der Waals surface area (Å²) in [7, 11) is 0. The van der Waals surface area contributed by atoms with Gasteiger partial charge in [-0.25, -0.2) is 4.98 Å². The molecular weight excluding hydrogens is 196 g/mol. The van der Waals surface area contributed by atoms with E-state index in [-0.39, 0.29) is 5.69 Å². The van der Waals surface area contributed by atoms with E-state index in [9.17, 15) is 10.1 Å². The Morgan fingerprint density at radius 1 is 1.40 bits per heavy atom. The molecule has 0 fully saturated rings. The predicted molar refractivity (Wildman–Crippen MR) is 55.0 cm³/mol. The van der Waals surface area contributed by atoms with Crippen LogP contribution >= 0.6 is 0 Å². The van der Waals surface area contributed by atoms with E-state index in [1.54, 1.807) is 12.3 Å². The lowest BCUT2D eigenvalue weighted by molar-refractivity contribution is -0.385. The van der Waals surface area contributed by atoms with E-state index in [1.807, 2.05) is 12.1 Å². The predicted octanol–water partition coefficient (Wildman–Crippen LogP) is 2.06. The van der Waals surface area contributed by atoms with Gasteiger partial charge in [0.05, 0.1) is 4.92 Å². The van der Waals surface area contributed by atoms with Crippen LogP contribution in [0, 0.1) is 10.1 Å². The van der Waals surface area contributed by atoms with Crippen LogP contribution in [0.25, 0.3) is 0 Å². The standard InChI is InChI=1S/C9H8N4O2/c14-13(15)7-3-4-9(11-6-7)12-8-2-1-5-10-8/h1-6,10H,(H,11,12). The van der Waals surface area contributed by atoms with Gasteiger partial charge in [0.2, 0.25) is 0 Å². The highest BCUT2D eigenvalue weighted by Crippen LogP contribution is 2.15. The Bertz CT molecular complexity index is 449. The minimum Gasteiger partial charge on any atom is -0.348 e. The van der Waals surface area contributed by atoms with Crippen molar-refractivity contribution in [1.82, 2.24) is 9.97 Å². The summed E-state index contributed by atoms with van der Waals surface area (Å²) in [6, 6.07) is 6.63. The minimum absolute atomic E-state index is 0.0213. The Morgan fingerprint density at radius 2 is 2.27 bits per heavy atom. The van der Waals surface area contributed by atoms with Gasteiger partial charge < -0.3 is 10.3 Å². The van der Waals surface area contributed by atoms with Crippen LogP contribution in [0.2, 0.25) is 0 Å². The number of nitro groups is 1. The number of H-pyrrole nitrogens is 1. The molecule has 76 valence electrons. The molecule has 0 saturated heterocycles. The lowest BCUT2D eigenvalue weighted by Crippen LogP contribution is -1.94. The summed E-state index contributed by atoms with van der Waals surface area (Å²) < 4.78 is 0. The molecule has 0 unspecified atom stereocenters. The highest BCUT2D eigenvalue weighted by Gasteiger charge is 2.04. The van der Waals surface area contributed by atoms with Crippen LogP contribution < -0.4 is 5.32 Å². The Labute approximate surface area is 85.1 Å². The van der Waals surface area contributed by atoms with Crippen LogP contribution in [0.4, 0.5) is 17.3 Å². The monoisotopic (exact) mass is 204 g/mol. The number of hydrogen-bond acceptors (Lipinski definition) is 4. The largest absolute Gasteiger partial charge is 0.348 e. The second-order valence-electron chi connectivity index (χ2n) is 2.87. The molecule has 0 atom stereocenters. The molecule has 0 aliphatic carbocycles. The molecule has 0 amide bonds. The number of nitrogens with one attached hydrogen (secondary N) is 2. The summed E-state index contributed by atoms with van der Waals surface area (Å²) in [5.74, 6) is 1.35. The molecule has 15 heavy (non-hydrogen) atoms. The van der Waals surface area contributed by atoms with Crippen LogP contribution in [0.15, 0.2) is 36.7 Å². The molecule has 0 saturated carbocycles. The summed E-state index contributed by atoms with van der Waals surface area (Å²) in [4.78, 5) is 16.7. The molecule has 0 aliphatic heterocycles. The topological polar surface area (TPSA) is 83.9 Å². The number of hydrogen-bond donors (Lipinski definition) is 2. The van der Waals surface area contributed by atoms with Crippen molar-refractivity contribution in [2.24, 2.45) is 0 Å². The van der Waals surface area contributed by atoms with Crippen LogP contribution in [0.1, 0.15) is 0 Å². The number of nitrogens with zero attached hydrogens (tertiary/aromatic N) is 2. The van der Waals surface area contributed by atoms with Gasteiger partial charge in [-0.2, -0.15) is 0 Å². The fourth-order valence-electron chi connectivity index (χ4n) is 1.11. The van der Waals surface area contributed by atoms with Gasteiger partial charge in [-0.1, -0.05) is 0 Å². The van der Waals surface area contributed by atoms with Gasteiger partial charge in [-0.15, -0.1) is 0 Å². The second kappa shape index (κ2) is 3.79. The second-order valence-corrected chi connectivity index (χ2v) is 2.87. The van der Waals surface area contributed by atoms with Gasteiger partial charge >= 0.3 is 0 Å². The summed E-state index contributed by atoms with van der Waals surface area (Å²) >= 11 is 0. The first kappa shape index (κ1) is 9.20. The molecular formula is C9H8N4O2. The molecule has 2 aromatic heterocycles. The lowest BCUT2D eigenvalue weighted by atomic mass is 10.4. The molecule has 2 rings (SSSR count). The third kappa shape index (κ3) is 2.11. The van der Waals surface area contributed by atoms with Crippen molar-refractivity contribution in [2.75, 3.05) is 5.32 Å². The normalized spacial score (nSPS) is 9.87. The number of pyridine rings is 1. The SMILES string of the molecule is O=[N+]([O-])c1ccc(Nc2ccc[nH]2)nc1. The maximum Gasteiger partial charge on any atom is 0.287 e. The van der Waals surface area contributed by atoms with Gasteiger partial charge in [0, 0.05) is 12.3 Å². The van der Waals surface area contributed by atoms with E-state index < -0.39 is 4.92 Å². The summed E-state index contributed by atoms with van der Waals surface area (Å²) in [5.41, 5.74) is -0.0213. The molecule has 0 bridgehead atoms. The quantitative estimate of drug-likeness (QED) is 0.592. The molecule has 0 radical (unpaired) electrons. The number of aromatic amines is 1. The third-order valence-electron chi connectivity index (χ3n) is 1.82. The van der Waals surface area contributed by atoms with Crippen LogP contribution in [-0.2, 0) is 0 Å². The average molecular weight is 204 g/mol. The van der Waals surface area contributed by atoms with Gasteiger partial charge in [0.15, 0.2) is 0 Å². The van der Waals surface area contributed by atoms with E-state index in [0.29, 0.717) is 5.82 Å². The zero-order valence-electron chi connectivity index (χ0n) is 7.68. The maximum atomic E-state index is 10.4. The maximum absolute atomic E-state index is 10.4. The zero-order valence-corrected chi connectivity index (χ0v) is 7.68. The summed E-state index contributed by atoms with van der Waals surface area (Å²) in [6.07, 6.45) is 2.99. The van der Waals surface area contributed by atoms with E-state index in [1.165, 1.54) is 12.3 Å². The fraction of sp³-hybridized carbons (Fsp3) is 0. The van der Waals surface area contributed by atoms with Crippen molar-refractivity contribution in [3.63, 3.8) is 0 Å². The van der Waals surface area contributed by atoms with Crippen molar-refractivity contribution < 1.29 is 4.92 Å². The fourth-order valence-corrected chi connectivity index (χ4v) is 1.11. The van der Waals surface area contributed by atoms with Gasteiger partial charge in [-0.3, -0.25) is 10.1 Å². The Hall–Kier alpha value is -2.37. The molecule has 0 aliphatic rings. The molecule has 2 N–H and O–H groups in total. The van der Waals surface area contributed by atoms with E-state index in [2.05, 4.69) is 15.3 Å². The van der Waals surface area contributed by atoms with Crippen LogP contribution in [0.3, 0.4) is 0 Å². The first-order valence-corrected chi connectivity index (χ1v) is 4.26. The highest BCUT2D eigenvalue weighted by atomic mass is 16.6. The Kier molecular flexibility index (Phi) is 2.32. The minimum atomic E-state index is -0.481. The first-order chi connectivity index (χ1) is 7.25. The molecule has 2 heterocycles. The summed E-state index contributed by atoms with van der Waals surface area (Å²) in [6.45, 7) is 0. The van der Waals surface area contributed by atoms with Gasteiger partial charge in [0.25, 0.3) is 5.69 Å². The summed E-state index contributed by atoms with van der Waals surface area (Å²) in [5, 5.41) is 13.3. The molecule has 0 aromatic carbocycles. The van der Waals surface area contributed by atoms with Gasteiger partial charge in [-0.05, 0) is 18.2 Å². The Morgan fingerprint density at radius 3 is 2.80 bits per heavy atom. The van der Waals surface area contributed by atoms with Crippen molar-refractivity contribution in [2.45, 2.75) is 0 Å². The highest BCUT2D eigenvalue weighted by molar-refractivity contribution is 5.52. The number of anilines is 2. The molecule has 6 nitrogen and oxygen atoms in total. The molecule has 0 spiro atoms.